The van der Waals surface area contributed by atoms with Crippen LogP contribution in [0.1, 0.15) is 11.1 Å². The molecular formula is C17H17NO4. The van der Waals surface area contributed by atoms with Gasteiger partial charge in [0, 0.05) is 11.6 Å². The first-order valence-electron chi connectivity index (χ1n) is 7.13. The predicted octanol–water partition coefficient (Wildman–Crippen LogP) is 3.14. The van der Waals surface area contributed by atoms with Gasteiger partial charge >= 0.3 is 6.09 Å². The summed E-state index contributed by atoms with van der Waals surface area (Å²) in [6, 6.07) is 15.4. The van der Waals surface area contributed by atoms with E-state index in [2.05, 4.69) is 0 Å². The Kier molecular flexibility index (Phi) is 4.14. The second-order valence-corrected chi connectivity index (χ2v) is 5.10. The van der Waals surface area contributed by atoms with Crippen LogP contribution in [0.4, 0.5) is 4.79 Å². The van der Waals surface area contributed by atoms with E-state index in [1.54, 1.807) is 0 Å². The minimum atomic E-state index is -0.930. The van der Waals surface area contributed by atoms with Gasteiger partial charge in [-0.15, -0.1) is 0 Å². The molecule has 0 radical (unpaired) electrons. The first-order chi connectivity index (χ1) is 10.7. The van der Waals surface area contributed by atoms with Gasteiger partial charge in [-0.05, 0) is 17.7 Å². The number of carbonyl (C=O) groups is 1. The standard InChI is InChI=1S/C17H17NO4/c19-17(20)18-8-9-21-16-10-15(7-6-14(16)11-18)22-12-13-4-2-1-3-5-13/h1-7,10H,8-9,11-12H2,(H,19,20). The highest BCUT2D eigenvalue weighted by atomic mass is 16.5. The van der Waals surface area contributed by atoms with Crippen molar-refractivity contribution in [2.45, 2.75) is 13.2 Å². The van der Waals surface area contributed by atoms with E-state index < -0.39 is 6.09 Å². The lowest BCUT2D eigenvalue weighted by molar-refractivity contribution is 0.138. The van der Waals surface area contributed by atoms with Gasteiger partial charge in [0.15, 0.2) is 0 Å². The van der Waals surface area contributed by atoms with Gasteiger partial charge in [-0.2, -0.15) is 0 Å². The van der Waals surface area contributed by atoms with Crippen LogP contribution in [0.25, 0.3) is 0 Å². The Morgan fingerprint density at radius 2 is 2.05 bits per heavy atom. The summed E-state index contributed by atoms with van der Waals surface area (Å²) in [5.41, 5.74) is 1.95. The Hall–Kier alpha value is -2.69. The molecule has 0 atom stereocenters. The minimum absolute atomic E-state index is 0.337. The highest BCUT2D eigenvalue weighted by molar-refractivity contribution is 5.65. The van der Waals surface area contributed by atoms with E-state index >= 15 is 0 Å². The van der Waals surface area contributed by atoms with Crippen LogP contribution in [-0.4, -0.2) is 29.3 Å². The van der Waals surface area contributed by atoms with Gasteiger partial charge in [0.05, 0.1) is 13.1 Å². The van der Waals surface area contributed by atoms with Crippen molar-refractivity contribution in [1.29, 1.82) is 0 Å². The van der Waals surface area contributed by atoms with Crippen LogP contribution in [0.2, 0.25) is 0 Å². The average Bonchev–Trinajstić information content (AvgIpc) is 2.76. The number of amides is 1. The van der Waals surface area contributed by atoms with Crippen molar-refractivity contribution >= 4 is 6.09 Å². The fraction of sp³-hybridized carbons (Fsp3) is 0.235. The van der Waals surface area contributed by atoms with Gasteiger partial charge in [-0.3, -0.25) is 0 Å². The van der Waals surface area contributed by atoms with E-state index in [1.807, 2.05) is 48.5 Å². The number of benzene rings is 2. The molecule has 3 rings (SSSR count). The van der Waals surface area contributed by atoms with E-state index in [4.69, 9.17) is 14.6 Å². The Labute approximate surface area is 128 Å². The molecule has 1 aliphatic rings. The molecule has 1 N–H and O–H groups in total. The summed E-state index contributed by atoms with van der Waals surface area (Å²) in [4.78, 5) is 12.4. The Balaban J connectivity index is 1.71. The van der Waals surface area contributed by atoms with E-state index in [0.29, 0.717) is 37.8 Å². The van der Waals surface area contributed by atoms with Crippen LogP contribution in [0, 0.1) is 0 Å². The number of hydrogen-bond acceptors (Lipinski definition) is 3. The quantitative estimate of drug-likeness (QED) is 0.946. The van der Waals surface area contributed by atoms with Crippen LogP contribution >= 0.6 is 0 Å². The molecule has 0 bridgehead atoms. The smallest absolute Gasteiger partial charge is 0.407 e. The van der Waals surface area contributed by atoms with Gasteiger partial charge in [0.1, 0.15) is 24.7 Å². The summed E-state index contributed by atoms with van der Waals surface area (Å²) >= 11 is 0. The van der Waals surface area contributed by atoms with Gasteiger partial charge in [-0.1, -0.05) is 30.3 Å². The molecule has 0 fully saturated rings. The van der Waals surface area contributed by atoms with Crippen LogP contribution in [0.15, 0.2) is 48.5 Å². The zero-order chi connectivity index (χ0) is 15.4. The lowest BCUT2D eigenvalue weighted by atomic mass is 10.2. The maximum atomic E-state index is 11.1. The molecule has 1 aliphatic heterocycles. The van der Waals surface area contributed by atoms with Crippen molar-refractivity contribution in [2.75, 3.05) is 13.2 Å². The van der Waals surface area contributed by atoms with Crippen molar-refractivity contribution in [2.24, 2.45) is 0 Å². The molecule has 114 valence electrons. The molecule has 0 aliphatic carbocycles. The van der Waals surface area contributed by atoms with Crippen molar-refractivity contribution in [1.82, 2.24) is 4.90 Å². The van der Waals surface area contributed by atoms with Crippen molar-refractivity contribution in [3.05, 3.63) is 59.7 Å². The predicted molar refractivity (Wildman–Crippen MR) is 81.1 cm³/mol. The number of rotatable bonds is 3. The zero-order valence-corrected chi connectivity index (χ0v) is 12.1. The highest BCUT2D eigenvalue weighted by Crippen LogP contribution is 2.28. The molecule has 0 spiro atoms. The number of ether oxygens (including phenoxy) is 2. The summed E-state index contributed by atoms with van der Waals surface area (Å²) in [7, 11) is 0. The number of carboxylic acid groups (broad SMARTS) is 1. The van der Waals surface area contributed by atoms with E-state index in [0.717, 1.165) is 11.1 Å². The molecule has 0 unspecified atom stereocenters. The summed E-state index contributed by atoms with van der Waals surface area (Å²) in [6.45, 7) is 1.54. The molecule has 22 heavy (non-hydrogen) atoms. The van der Waals surface area contributed by atoms with Crippen molar-refractivity contribution in [3.63, 3.8) is 0 Å². The summed E-state index contributed by atoms with van der Waals surface area (Å²) < 4.78 is 11.4. The largest absolute Gasteiger partial charge is 0.491 e. The molecule has 1 amide bonds. The molecule has 0 saturated heterocycles. The van der Waals surface area contributed by atoms with Crippen LogP contribution < -0.4 is 9.47 Å². The number of nitrogens with zero attached hydrogens (tertiary/aromatic N) is 1. The maximum absolute atomic E-state index is 11.1. The summed E-state index contributed by atoms with van der Waals surface area (Å²) in [6.07, 6.45) is -0.930. The first-order valence-corrected chi connectivity index (χ1v) is 7.13. The third-order valence-electron chi connectivity index (χ3n) is 3.54. The molecule has 5 nitrogen and oxygen atoms in total. The van der Waals surface area contributed by atoms with E-state index in [9.17, 15) is 4.79 Å². The molecule has 1 heterocycles. The fourth-order valence-corrected chi connectivity index (χ4v) is 2.34. The van der Waals surface area contributed by atoms with Crippen molar-refractivity contribution < 1.29 is 19.4 Å². The monoisotopic (exact) mass is 299 g/mol. The Morgan fingerprint density at radius 1 is 1.23 bits per heavy atom. The topological polar surface area (TPSA) is 59.0 Å². The third kappa shape index (κ3) is 3.31. The SMILES string of the molecule is O=C(O)N1CCOc2cc(OCc3ccccc3)ccc2C1. The average molecular weight is 299 g/mol. The molecule has 2 aromatic rings. The number of fused-ring (bicyclic) bond motifs is 1. The lowest BCUT2D eigenvalue weighted by Gasteiger charge is -2.15. The maximum Gasteiger partial charge on any atom is 0.407 e. The summed E-state index contributed by atoms with van der Waals surface area (Å²) in [5.74, 6) is 1.40. The number of hydrogen-bond donors (Lipinski definition) is 1. The van der Waals surface area contributed by atoms with Crippen LogP contribution in [-0.2, 0) is 13.2 Å². The molecule has 2 aromatic carbocycles. The van der Waals surface area contributed by atoms with Crippen LogP contribution in [0.5, 0.6) is 11.5 Å². The summed E-state index contributed by atoms with van der Waals surface area (Å²) in [5, 5.41) is 9.10. The fourth-order valence-electron chi connectivity index (χ4n) is 2.34. The van der Waals surface area contributed by atoms with Gasteiger partial charge in [-0.25, -0.2) is 4.79 Å². The van der Waals surface area contributed by atoms with Gasteiger partial charge < -0.3 is 19.5 Å². The highest BCUT2D eigenvalue weighted by Gasteiger charge is 2.19. The van der Waals surface area contributed by atoms with E-state index in [1.165, 1.54) is 4.90 Å². The molecular weight excluding hydrogens is 282 g/mol. The molecule has 0 saturated carbocycles. The van der Waals surface area contributed by atoms with E-state index in [-0.39, 0.29) is 0 Å². The minimum Gasteiger partial charge on any atom is -0.491 e. The molecule has 0 aromatic heterocycles. The Morgan fingerprint density at radius 3 is 2.82 bits per heavy atom. The zero-order valence-electron chi connectivity index (χ0n) is 12.1. The first kappa shape index (κ1) is 14.3. The second kappa shape index (κ2) is 6.39. The second-order valence-electron chi connectivity index (χ2n) is 5.10. The van der Waals surface area contributed by atoms with Crippen molar-refractivity contribution in [3.8, 4) is 11.5 Å². The Bertz CT molecular complexity index is 657. The van der Waals surface area contributed by atoms with Gasteiger partial charge in [0.25, 0.3) is 0 Å². The molecule has 5 heteroatoms. The lowest BCUT2D eigenvalue weighted by Crippen LogP contribution is -2.30. The van der Waals surface area contributed by atoms with Gasteiger partial charge in [0.2, 0.25) is 0 Å². The normalized spacial score (nSPS) is 13.7. The van der Waals surface area contributed by atoms with Crippen LogP contribution in [0.3, 0.4) is 0 Å². The third-order valence-corrected chi connectivity index (χ3v) is 3.54.